The van der Waals surface area contributed by atoms with Crippen molar-refractivity contribution in [3.8, 4) is 0 Å². The van der Waals surface area contributed by atoms with Gasteiger partial charge in [-0.1, -0.05) is 38.5 Å². The molecule has 4 fully saturated rings. The third-order valence-electron chi connectivity index (χ3n) is 11.7. The van der Waals surface area contributed by atoms with Crippen molar-refractivity contribution < 1.29 is 19.8 Å². The monoisotopic (exact) mass is 593 g/mol. The van der Waals surface area contributed by atoms with Crippen LogP contribution in [-0.4, -0.2) is 75.6 Å². The standard InChI is InChI=1S/C31H43N3O4.2ClH/c1-21-18-25-23-8-12-30(37)19-22(35)7-10-28(30,2)24(23)9-11-29(25,3)31(21,38)26(36)20-33-14-16-34(17-15-33)27-6-4-5-13-32-27;;/h4-6,9,13,21,23,25,37-38H,7-8,10-12,14-20H2,1-3H3;2*1H/t21?,23-,25+,28-,29+,30?,31+;;/m1../s1. The molecule has 0 bridgehead atoms. The minimum atomic E-state index is -1.37. The average Bonchev–Trinajstić information content (AvgIpc) is 3.12. The SMILES string of the molecule is CC1C[C@H]2[C@@H]3CCC4(O)CC(=O)CC[C@]4(C)C3=CC[C@]2(C)[C@@]1(O)C(=O)CN1CCN(c2ccccn2)CC1.Cl.Cl. The predicted octanol–water partition coefficient (Wildman–Crippen LogP) is 4.24. The van der Waals surface area contributed by atoms with Gasteiger partial charge in [-0.05, 0) is 62.0 Å². The minimum absolute atomic E-state index is 0. The summed E-state index contributed by atoms with van der Waals surface area (Å²) in [5, 5.41) is 23.9. The van der Waals surface area contributed by atoms with Gasteiger partial charge in [-0.3, -0.25) is 14.5 Å². The van der Waals surface area contributed by atoms with Crippen LogP contribution >= 0.6 is 24.8 Å². The maximum atomic E-state index is 14.0. The summed E-state index contributed by atoms with van der Waals surface area (Å²) in [4.78, 5) is 35.1. The number of pyridine rings is 1. The molecule has 4 aliphatic carbocycles. The highest BCUT2D eigenvalue weighted by molar-refractivity contribution is 5.91. The first-order valence-corrected chi connectivity index (χ1v) is 14.6. The van der Waals surface area contributed by atoms with Crippen molar-refractivity contribution in [1.82, 2.24) is 9.88 Å². The molecule has 1 saturated heterocycles. The Kier molecular flexibility index (Phi) is 8.61. The first-order chi connectivity index (χ1) is 18.0. The minimum Gasteiger partial charge on any atom is -0.389 e. The van der Waals surface area contributed by atoms with Crippen LogP contribution in [0.5, 0.6) is 0 Å². The van der Waals surface area contributed by atoms with Gasteiger partial charge in [0.2, 0.25) is 0 Å². The van der Waals surface area contributed by atoms with Crippen LogP contribution in [-0.2, 0) is 9.59 Å². The summed E-state index contributed by atoms with van der Waals surface area (Å²) in [5.41, 5.74) is -1.96. The van der Waals surface area contributed by atoms with E-state index in [1.807, 2.05) is 24.4 Å². The van der Waals surface area contributed by atoms with E-state index in [0.717, 1.165) is 44.8 Å². The molecule has 3 saturated carbocycles. The van der Waals surface area contributed by atoms with Gasteiger partial charge in [-0.2, -0.15) is 0 Å². The van der Waals surface area contributed by atoms with Crippen LogP contribution < -0.4 is 4.90 Å². The molecule has 0 aromatic carbocycles. The highest BCUT2D eigenvalue weighted by atomic mass is 35.5. The van der Waals surface area contributed by atoms with Crippen LogP contribution in [0.4, 0.5) is 5.82 Å². The number of fused-ring (bicyclic) bond motifs is 5. The Labute approximate surface area is 250 Å². The van der Waals surface area contributed by atoms with Gasteiger partial charge in [0.15, 0.2) is 5.78 Å². The van der Waals surface area contributed by atoms with E-state index in [1.165, 1.54) is 5.57 Å². The number of hydrogen-bond donors (Lipinski definition) is 2. The Morgan fingerprint density at radius 2 is 1.82 bits per heavy atom. The third kappa shape index (κ3) is 4.46. The molecular weight excluding hydrogens is 549 g/mol. The first kappa shape index (κ1) is 31.4. The fraction of sp³-hybridized carbons (Fsp3) is 0.710. The molecule has 2 N–H and O–H groups in total. The largest absolute Gasteiger partial charge is 0.389 e. The zero-order valence-electron chi connectivity index (χ0n) is 24.0. The maximum absolute atomic E-state index is 14.0. The van der Waals surface area contributed by atoms with Crippen LogP contribution in [0, 0.1) is 28.6 Å². The molecule has 0 radical (unpaired) electrons. The number of Topliss-reactive ketones (excluding diaryl/α,β-unsaturated/α-hetero) is 2. The number of halogens is 2. The second-order valence-electron chi connectivity index (χ2n) is 13.4. The van der Waals surface area contributed by atoms with E-state index in [4.69, 9.17) is 0 Å². The van der Waals surface area contributed by atoms with Gasteiger partial charge in [0.05, 0.1) is 12.1 Å². The number of carbonyl (C=O) groups excluding carboxylic acids is 2. The van der Waals surface area contributed by atoms with Gasteiger partial charge in [0.25, 0.3) is 0 Å². The van der Waals surface area contributed by atoms with Gasteiger partial charge < -0.3 is 15.1 Å². The predicted molar refractivity (Wildman–Crippen MR) is 160 cm³/mol. The molecular formula is C31H45Cl2N3O4. The molecule has 1 aliphatic heterocycles. The lowest BCUT2D eigenvalue weighted by Gasteiger charge is -2.59. The van der Waals surface area contributed by atoms with Gasteiger partial charge in [-0.15, -0.1) is 24.8 Å². The van der Waals surface area contributed by atoms with Crippen molar-refractivity contribution in [2.75, 3.05) is 37.6 Å². The number of ketones is 2. The number of nitrogens with zero attached hydrogens (tertiary/aromatic N) is 3. The van der Waals surface area contributed by atoms with E-state index in [9.17, 15) is 19.8 Å². The number of anilines is 1. The van der Waals surface area contributed by atoms with Crippen LogP contribution in [0.15, 0.2) is 36.0 Å². The molecule has 40 heavy (non-hydrogen) atoms. The Bertz CT molecular complexity index is 1160. The molecule has 2 heterocycles. The average molecular weight is 595 g/mol. The molecule has 0 spiro atoms. The molecule has 1 aromatic heterocycles. The zero-order valence-corrected chi connectivity index (χ0v) is 25.6. The smallest absolute Gasteiger partial charge is 0.179 e. The van der Waals surface area contributed by atoms with E-state index < -0.39 is 22.0 Å². The Morgan fingerprint density at radius 1 is 1.10 bits per heavy atom. The third-order valence-corrected chi connectivity index (χ3v) is 11.7. The number of hydrogen-bond acceptors (Lipinski definition) is 7. The summed E-state index contributed by atoms with van der Waals surface area (Å²) < 4.78 is 0. The number of aromatic nitrogens is 1. The summed E-state index contributed by atoms with van der Waals surface area (Å²) in [6.07, 6.45) is 8.43. The number of carbonyl (C=O) groups is 2. The van der Waals surface area contributed by atoms with E-state index in [-0.39, 0.29) is 67.1 Å². The topological polar surface area (TPSA) is 94.0 Å². The van der Waals surface area contributed by atoms with Crippen molar-refractivity contribution in [2.24, 2.45) is 28.6 Å². The summed E-state index contributed by atoms with van der Waals surface area (Å²) in [5.74, 6) is 1.43. The molecule has 6 rings (SSSR count). The molecule has 222 valence electrons. The van der Waals surface area contributed by atoms with Gasteiger partial charge >= 0.3 is 0 Å². The molecule has 2 unspecified atom stereocenters. The lowest BCUT2D eigenvalue weighted by molar-refractivity contribution is -0.165. The molecule has 5 aliphatic rings. The summed E-state index contributed by atoms with van der Waals surface area (Å²) >= 11 is 0. The van der Waals surface area contributed by atoms with Gasteiger partial charge in [-0.25, -0.2) is 4.98 Å². The molecule has 7 nitrogen and oxygen atoms in total. The zero-order chi connectivity index (χ0) is 26.9. The summed E-state index contributed by atoms with van der Waals surface area (Å²) in [6.45, 7) is 9.80. The summed E-state index contributed by atoms with van der Waals surface area (Å²) in [7, 11) is 0. The number of allylic oxidation sites excluding steroid dienone is 1. The van der Waals surface area contributed by atoms with Crippen LogP contribution in [0.2, 0.25) is 0 Å². The lowest BCUT2D eigenvalue weighted by atomic mass is 9.46. The lowest BCUT2D eigenvalue weighted by Crippen LogP contribution is -2.62. The second-order valence-corrected chi connectivity index (χ2v) is 13.4. The number of piperazine rings is 1. The van der Waals surface area contributed by atoms with E-state index >= 15 is 0 Å². The van der Waals surface area contributed by atoms with Crippen molar-refractivity contribution in [1.29, 1.82) is 0 Å². The number of rotatable bonds is 4. The van der Waals surface area contributed by atoms with Crippen molar-refractivity contribution in [3.05, 3.63) is 36.0 Å². The fourth-order valence-corrected chi connectivity index (χ4v) is 9.25. The Balaban J connectivity index is 0.00000185. The van der Waals surface area contributed by atoms with Crippen LogP contribution in [0.1, 0.15) is 65.7 Å². The highest BCUT2D eigenvalue weighted by Crippen LogP contribution is 2.68. The second kappa shape index (κ2) is 11.0. The van der Waals surface area contributed by atoms with Gasteiger partial charge in [0, 0.05) is 56.0 Å². The number of aliphatic hydroxyl groups is 2. The first-order valence-electron chi connectivity index (χ1n) is 14.6. The van der Waals surface area contributed by atoms with E-state index in [2.05, 4.69) is 41.6 Å². The molecule has 9 heteroatoms. The molecule has 7 atom stereocenters. The van der Waals surface area contributed by atoms with Crippen LogP contribution in [0.3, 0.4) is 0 Å². The normalized spacial score (nSPS) is 41.0. The highest BCUT2D eigenvalue weighted by Gasteiger charge is 2.69. The van der Waals surface area contributed by atoms with E-state index in [1.54, 1.807) is 0 Å². The fourth-order valence-electron chi connectivity index (χ4n) is 9.25. The Morgan fingerprint density at radius 3 is 2.50 bits per heavy atom. The molecule has 1 aromatic rings. The van der Waals surface area contributed by atoms with Crippen molar-refractivity contribution in [2.45, 2.75) is 76.9 Å². The van der Waals surface area contributed by atoms with Crippen molar-refractivity contribution in [3.63, 3.8) is 0 Å². The van der Waals surface area contributed by atoms with Gasteiger partial charge in [0.1, 0.15) is 17.2 Å². The maximum Gasteiger partial charge on any atom is 0.179 e. The van der Waals surface area contributed by atoms with E-state index in [0.29, 0.717) is 25.7 Å². The quantitative estimate of drug-likeness (QED) is 0.504. The Hall–Kier alpha value is -1.51. The molecule has 0 amide bonds. The summed E-state index contributed by atoms with van der Waals surface area (Å²) in [6, 6.07) is 5.94. The van der Waals surface area contributed by atoms with Crippen LogP contribution in [0.25, 0.3) is 0 Å². The van der Waals surface area contributed by atoms with Crippen molar-refractivity contribution >= 4 is 42.2 Å².